The van der Waals surface area contributed by atoms with Crippen molar-refractivity contribution < 1.29 is 0 Å². The van der Waals surface area contributed by atoms with Crippen molar-refractivity contribution in [3.05, 3.63) is 12.3 Å². The van der Waals surface area contributed by atoms with Gasteiger partial charge in [-0.15, -0.1) is 0 Å². The average Bonchev–Trinajstić information content (AvgIpc) is 2.47. The van der Waals surface area contributed by atoms with Gasteiger partial charge in [0.2, 0.25) is 0 Å². The van der Waals surface area contributed by atoms with E-state index in [1.165, 1.54) is 37.9 Å². The van der Waals surface area contributed by atoms with E-state index in [1.807, 2.05) is 0 Å². The number of likely N-dealkylation sites (tertiary alicyclic amines) is 1. The van der Waals surface area contributed by atoms with E-state index in [0.717, 1.165) is 6.04 Å². The highest BCUT2D eigenvalue weighted by Crippen LogP contribution is 2.42. The number of rotatable bonds is 3. The van der Waals surface area contributed by atoms with Crippen LogP contribution in [0.15, 0.2) is 12.3 Å². The molecule has 0 aromatic rings. The maximum Gasteiger partial charge on any atom is 0.0400 e. The Morgan fingerprint density at radius 1 is 1.47 bits per heavy atom. The first kappa shape index (κ1) is 11.0. The molecule has 2 nitrogen and oxygen atoms in total. The molecule has 1 heterocycles. The largest absolute Gasteiger partial charge is 0.370 e. The average molecular weight is 208 g/mol. The van der Waals surface area contributed by atoms with Crippen LogP contribution in [-0.2, 0) is 0 Å². The van der Waals surface area contributed by atoms with E-state index in [2.05, 4.69) is 37.6 Å². The second-order valence-corrected chi connectivity index (χ2v) is 5.74. The third kappa shape index (κ3) is 2.05. The lowest BCUT2D eigenvalue weighted by molar-refractivity contribution is 0.0417. The van der Waals surface area contributed by atoms with Crippen LogP contribution in [0.1, 0.15) is 46.5 Å². The first-order chi connectivity index (χ1) is 7.01. The number of hydrogen-bond donors (Lipinski definition) is 1. The van der Waals surface area contributed by atoms with E-state index < -0.39 is 0 Å². The van der Waals surface area contributed by atoms with E-state index in [0.29, 0.717) is 11.6 Å². The molecule has 0 radical (unpaired) electrons. The molecule has 1 aliphatic carbocycles. The van der Waals surface area contributed by atoms with Crippen molar-refractivity contribution in [1.29, 1.82) is 0 Å². The van der Waals surface area contributed by atoms with Gasteiger partial charge in [0.05, 0.1) is 0 Å². The van der Waals surface area contributed by atoms with E-state index in [1.54, 1.807) is 0 Å². The predicted molar refractivity (Wildman–Crippen MR) is 64.8 cm³/mol. The normalized spacial score (nSPS) is 36.1. The zero-order valence-corrected chi connectivity index (χ0v) is 10.3. The Balaban J connectivity index is 1.87. The third-order valence-corrected chi connectivity index (χ3v) is 3.82. The van der Waals surface area contributed by atoms with Gasteiger partial charge in [-0.2, -0.15) is 0 Å². The van der Waals surface area contributed by atoms with Crippen molar-refractivity contribution in [3.63, 3.8) is 0 Å². The Morgan fingerprint density at radius 3 is 2.60 bits per heavy atom. The minimum Gasteiger partial charge on any atom is -0.370 e. The third-order valence-electron chi connectivity index (χ3n) is 3.82. The summed E-state index contributed by atoms with van der Waals surface area (Å²) in [6.45, 7) is 12.2. The summed E-state index contributed by atoms with van der Waals surface area (Å²) in [6, 6.07) is 1.34. The molecule has 0 bridgehead atoms. The summed E-state index contributed by atoms with van der Waals surface area (Å²) in [6.07, 6.45) is 5.07. The molecule has 0 atom stereocenters. The van der Waals surface area contributed by atoms with Gasteiger partial charge in [-0.1, -0.05) is 20.4 Å². The number of allylic oxidation sites excluding steroid dienone is 1. The minimum atomic E-state index is 0.403. The summed E-state index contributed by atoms with van der Waals surface area (Å²) < 4.78 is 0. The molecule has 0 amide bonds. The molecule has 86 valence electrons. The van der Waals surface area contributed by atoms with Gasteiger partial charge in [-0.25, -0.2) is 0 Å². The quantitative estimate of drug-likeness (QED) is 0.766. The van der Waals surface area contributed by atoms with Gasteiger partial charge in [0, 0.05) is 29.9 Å². The van der Waals surface area contributed by atoms with Gasteiger partial charge in [0.15, 0.2) is 0 Å². The molecule has 2 rings (SSSR count). The fourth-order valence-electron chi connectivity index (χ4n) is 3.20. The van der Waals surface area contributed by atoms with E-state index in [-0.39, 0.29) is 0 Å². The van der Waals surface area contributed by atoms with Crippen LogP contribution in [0.25, 0.3) is 0 Å². The predicted octanol–water partition coefficient (Wildman–Crippen LogP) is 2.52. The first-order valence-electron chi connectivity index (χ1n) is 6.23. The van der Waals surface area contributed by atoms with Gasteiger partial charge in [-0.3, -0.25) is 0 Å². The number of nitrogens with zero attached hydrogens (tertiary/aromatic N) is 1. The second-order valence-electron chi connectivity index (χ2n) is 5.74. The fourth-order valence-corrected chi connectivity index (χ4v) is 3.20. The Bertz CT molecular complexity index is 251. The molecule has 0 spiro atoms. The standard InChI is InChI=1S/C13H24N2/c1-10(2)14-12-8-13(4,9-12)15-7-5-6-11(15)3/h10,12,14H,3,5-9H2,1-2,4H3/t12-,13+. The van der Waals surface area contributed by atoms with Gasteiger partial charge in [-0.05, 0) is 32.6 Å². The molecule has 1 saturated heterocycles. The Labute approximate surface area is 93.7 Å². The van der Waals surface area contributed by atoms with E-state index in [4.69, 9.17) is 0 Å². The van der Waals surface area contributed by atoms with Gasteiger partial charge < -0.3 is 10.2 Å². The van der Waals surface area contributed by atoms with E-state index >= 15 is 0 Å². The van der Waals surface area contributed by atoms with Crippen molar-refractivity contribution in [1.82, 2.24) is 10.2 Å². The van der Waals surface area contributed by atoms with Crippen LogP contribution in [0.2, 0.25) is 0 Å². The lowest BCUT2D eigenvalue weighted by Crippen LogP contribution is -2.60. The molecule has 0 aromatic heterocycles. The molecule has 15 heavy (non-hydrogen) atoms. The maximum atomic E-state index is 4.18. The summed E-state index contributed by atoms with van der Waals surface area (Å²) in [5.41, 5.74) is 1.76. The van der Waals surface area contributed by atoms with Gasteiger partial charge in [0.1, 0.15) is 0 Å². The van der Waals surface area contributed by atoms with Crippen LogP contribution in [0.3, 0.4) is 0 Å². The summed E-state index contributed by atoms with van der Waals surface area (Å²) in [5, 5.41) is 3.62. The Hall–Kier alpha value is -0.500. The number of nitrogens with one attached hydrogen (secondary N) is 1. The molecule has 0 aromatic carbocycles. The van der Waals surface area contributed by atoms with Crippen LogP contribution < -0.4 is 5.32 Å². The van der Waals surface area contributed by atoms with Crippen molar-refractivity contribution >= 4 is 0 Å². The summed E-state index contributed by atoms with van der Waals surface area (Å²) in [5.74, 6) is 0. The first-order valence-corrected chi connectivity index (χ1v) is 6.23. The zero-order chi connectivity index (χ0) is 11.1. The zero-order valence-electron chi connectivity index (χ0n) is 10.3. The molecule has 2 heteroatoms. The Morgan fingerprint density at radius 2 is 2.13 bits per heavy atom. The minimum absolute atomic E-state index is 0.403. The van der Waals surface area contributed by atoms with Crippen molar-refractivity contribution in [2.45, 2.75) is 64.1 Å². The van der Waals surface area contributed by atoms with Crippen LogP contribution in [-0.4, -0.2) is 29.1 Å². The topological polar surface area (TPSA) is 15.3 Å². The molecule has 0 unspecified atom stereocenters. The van der Waals surface area contributed by atoms with Crippen LogP contribution in [0.5, 0.6) is 0 Å². The highest BCUT2D eigenvalue weighted by molar-refractivity contribution is 5.13. The smallest absolute Gasteiger partial charge is 0.0400 e. The van der Waals surface area contributed by atoms with Crippen LogP contribution in [0, 0.1) is 0 Å². The van der Waals surface area contributed by atoms with Gasteiger partial charge in [0.25, 0.3) is 0 Å². The molecular weight excluding hydrogens is 184 g/mol. The highest BCUT2D eigenvalue weighted by atomic mass is 15.2. The molecule has 1 aliphatic heterocycles. The molecule has 2 fully saturated rings. The van der Waals surface area contributed by atoms with E-state index in [9.17, 15) is 0 Å². The molecule has 1 saturated carbocycles. The Kier molecular flexibility index (Phi) is 2.80. The van der Waals surface area contributed by atoms with Crippen LogP contribution in [0.4, 0.5) is 0 Å². The summed E-state index contributed by atoms with van der Waals surface area (Å²) >= 11 is 0. The molecule has 2 aliphatic rings. The van der Waals surface area contributed by atoms with Gasteiger partial charge >= 0.3 is 0 Å². The molecular formula is C13H24N2. The lowest BCUT2D eigenvalue weighted by Gasteiger charge is -2.53. The summed E-state index contributed by atoms with van der Waals surface area (Å²) in [4.78, 5) is 2.55. The van der Waals surface area contributed by atoms with Crippen molar-refractivity contribution in [2.75, 3.05) is 6.54 Å². The SMILES string of the molecule is C=C1CCCN1[C@]1(C)C[C@H](NC(C)C)C1. The fraction of sp³-hybridized carbons (Fsp3) is 0.846. The molecule has 1 N–H and O–H groups in total. The highest BCUT2D eigenvalue weighted by Gasteiger charge is 2.45. The summed E-state index contributed by atoms with van der Waals surface area (Å²) in [7, 11) is 0. The second kappa shape index (κ2) is 3.82. The monoisotopic (exact) mass is 208 g/mol. The van der Waals surface area contributed by atoms with Crippen LogP contribution >= 0.6 is 0 Å². The lowest BCUT2D eigenvalue weighted by atomic mass is 9.72. The maximum absolute atomic E-state index is 4.18. The van der Waals surface area contributed by atoms with Crippen molar-refractivity contribution in [3.8, 4) is 0 Å². The number of hydrogen-bond acceptors (Lipinski definition) is 2. The van der Waals surface area contributed by atoms with Crippen molar-refractivity contribution in [2.24, 2.45) is 0 Å².